The summed E-state index contributed by atoms with van der Waals surface area (Å²) in [4.78, 5) is 12.2. The van der Waals surface area contributed by atoms with Crippen LogP contribution in [0.3, 0.4) is 0 Å². The SMILES string of the molecule is C=CCn1c(COc2ccc(C)cc2C)nnc1SCC(=O)Nc1cc(F)ccc1F. The lowest BCUT2D eigenvalue weighted by atomic mass is 10.1. The summed E-state index contributed by atoms with van der Waals surface area (Å²) in [5.74, 6) is -0.550. The number of ether oxygens (including phenoxy) is 1. The fourth-order valence-corrected chi connectivity index (χ4v) is 3.62. The van der Waals surface area contributed by atoms with Crippen LogP contribution < -0.4 is 10.1 Å². The minimum atomic E-state index is -0.708. The van der Waals surface area contributed by atoms with Gasteiger partial charge in [0.25, 0.3) is 0 Å². The van der Waals surface area contributed by atoms with E-state index in [-0.39, 0.29) is 18.0 Å². The summed E-state index contributed by atoms with van der Waals surface area (Å²) in [6, 6.07) is 8.79. The molecule has 0 radical (unpaired) electrons. The molecule has 1 N–H and O–H groups in total. The van der Waals surface area contributed by atoms with Gasteiger partial charge in [-0.1, -0.05) is 35.5 Å². The van der Waals surface area contributed by atoms with Gasteiger partial charge in [0.1, 0.15) is 24.0 Å². The zero-order valence-electron chi connectivity index (χ0n) is 17.2. The number of rotatable bonds is 9. The molecule has 0 saturated carbocycles. The van der Waals surface area contributed by atoms with Crippen LogP contribution in [0.1, 0.15) is 17.0 Å². The number of nitrogens with zero attached hydrogens (tertiary/aromatic N) is 3. The molecule has 6 nitrogen and oxygen atoms in total. The number of carbonyl (C=O) groups is 1. The standard InChI is InChI=1S/C22H22F2N4O2S/c1-4-9-28-20(12-30-19-8-5-14(2)10-15(19)3)26-27-22(28)31-13-21(29)25-18-11-16(23)6-7-17(18)24/h4-8,10-11H,1,9,12-13H2,2-3H3,(H,25,29). The molecule has 0 fully saturated rings. The van der Waals surface area contributed by atoms with Gasteiger partial charge < -0.3 is 10.1 Å². The van der Waals surface area contributed by atoms with Crippen molar-refractivity contribution in [2.75, 3.05) is 11.1 Å². The predicted molar refractivity (Wildman–Crippen MR) is 116 cm³/mol. The van der Waals surface area contributed by atoms with Gasteiger partial charge in [0.2, 0.25) is 5.91 Å². The zero-order chi connectivity index (χ0) is 22.4. The zero-order valence-corrected chi connectivity index (χ0v) is 18.0. The van der Waals surface area contributed by atoms with Crippen LogP contribution in [0.25, 0.3) is 0 Å². The normalized spacial score (nSPS) is 10.7. The highest BCUT2D eigenvalue weighted by molar-refractivity contribution is 7.99. The third-order valence-corrected chi connectivity index (χ3v) is 5.29. The summed E-state index contributed by atoms with van der Waals surface area (Å²) in [5.41, 5.74) is 1.96. The maximum Gasteiger partial charge on any atom is 0.234 e. The first-order valence-corrected chi connectivity index (χ1v) is 10.5. The number of allylic oxidation sites excluding steroid dienone is 1. The molecule has 0 bridgehead atoms. The molecule has 0 atom stereocenters. The Morgan fingerprint density at radius 2 is 2.03 bits per heavy atom. The third-order valence-electron chi connectivity index (χ3n) is 4.33. The first kappa shape index (κ1) is 22.5. The Morgan fingerprint density at radius 1 is 1.23 bits per heavy atom. The summed E-state index contributed by atoms with van der Waals surface area (Å²) >= 11 is 1.13. The van der Waals surface area contributed by atoms with Crippen molar-refractivity contribution >= 4 is 23.4 Å². The second-order valence-electron chi connectivity index (χ2n) is 6.82. The van der Waals surface area contributed by atoms with Crippen molar-refractivity contribution in [1.29, 1.82) is 0 Å². The van der Waals surface area contributed by atoms with Gasteiger partial charge in [-0.25, -0.2) is 8.78 Å². The Balaban J connectivity index is 1.64. The Labute approximate surface area is 183 Å². The number of aryl methyl sites for hydroxylation is 2. The van der Waals surface area contributed by atoms with E-state index in [1.807, 2.05) is 32.0 Å². The van der Waals surface area contributed by atoms with Gasteiger partial charge in [-0.15, -0.1) is 16.8 Å². The average Bonchev–Trinajstić information content (AvgIpc) is 3.10. The van der Waals surface area contributed by atoms with E-state index in [0.717, 1.165) is 46.8 Å². The minimum absolute atomic E-state index is 0.0524. The lowest BCUT2D eigenvalue weighted by Crippen LogP contribution is -2.16. The van der Waals surface area contributed by atoms with E-state index < -0.39 is 17.5 Å². The number of halogens is 2. The van der Waals surface area contributed by atoms with Crippen LogP contribution in [0.4, 0.5) is 14.5 Å². The molecule has 31 heavy (non-hydrogen) atoms. The smallest absolute Gasteiger partial charge is 0.234 e. The highest BCUT2D eigenvalue weighted by Crippen LogP contribution is 2.22. The number of thioether (sulfide) groups is 1. The van der Waals surface area contributed by atoms with E-state index in [1.165, 1.54) is 0 Å². The summed E-state index contributed by atoms with van der Waals surface area (Å²) < 4.78 is 34.6. The van der Waals surface area contributed by atoms with Crippen LogP contribution >= 0.6 is 11.8 Å². The van der Waals surface area contributed by atoms with Crippen molar-refractivity contribution in [3.05, 3.63) is 77.6 Å². The molecular weight excluding hydrogens is 422 g/mol. The molecule has 9 heteroatoms. The highest BCUT2D eigenvalue weighted by Gasteiger charge is 2.15. The molecule has 3 rings (SSSR count). The number of hydrogen-bond acceptors (Lipinski definition) is 5. The van der Waals surface area contributed by atoms with Crippen molar-refractivity contribution < 1.29 is 18.3 Å². The maximum absolute atomic E-state index is 13.7. The number of benzene rings is 2. The Kier molecular flexibility index (Phi) is 7.41. The van der Waals surface area contributed by atoms with Crippen LogP contribution in [-0.2, 0) is 17.9 Å². The van der Waals surface area contributed by atoms with Gasteiger partial charge in [-0.3, -0.25) is 9.36 Å². The second kappa shape index (κ2) is 10.2. The Bertz CT molecular complexity index is 1100. The van der Waals surface area contributed by atoms with Gasteiger partial charge in [-0.05, 0) is 37.6 Å². The summed E-state index contributed by atoms with van der Waals surface area (Å²) in [7, 11) is 0. The Hall–Kier alpha value is -3.20. The number of hydrogen-bond donors (Lipinski definition) is 1. The first-order valence-electron chi connectivity index (χ1n) is 9.48. The van der Waals surface area contributed by atoms with Gasteiger partial charge in [0.05, 0.1) is 11.4 Å². The molecule has 0 aliphatic heterocycles. The van der Waals surface area contributed by atoms with E-state index in [1.54, 1.807) is 10.6 Å². The molecule has 1 amide bonds. The molecule has 1 heterocycles. The molecule has 3 aromatic rings. The van der Waals surface area contributed by atoms with Crippen molar-refractivity contribution in [3.8, 4) is 5.75 Å². The van der Waals surface area contributed by atoms with Crippen molar-refractivity contribution in [2.24, 2.45) is 0 Å². The molecule has 0 saturated heterocycles. The first-order chi connectivity index (χ1) is 14.9. The number of anilines is 1. The molecule has 162 valence electrons. The predicted octanol–water partition coefficient (Wildman–Crippen LogP) is 4.67. The molecule has 0 unspecified atom stereocenters. The summed E-state index contributed by atoms with van der Waals surface area (Å²) in [6.45, 7) is 8.36. The fourth-order valence-electron chi connectivity index (χ4n) is 2.86. The number of amides is 1. The molecule has 0 aliphatic carbocycles. The monoisotopic (exact) mass is 444 g/mol. The molecule has 0 spiro atoms. The van der Waals surface area contributed by atoms with Crippen LogP contribution in [-0.4, -0.2) is 26.4 Å². The highest BCUT2D eigenvalue weighted by atomic mass is 32.2. The van der Waals surface area contributed by atoms with Crippen LogP contribution in [0.2, 0.25) is 0 Å². The molecular formula is C22H22F2N4O2S. The van der Waals surface area contributed by atoms with Crippen LogP contribution in [0.15, 0.2) is 54.2 Å². The molecule has 1 aromatic heterocycles. The van der Waals surface area contributed by atoms with Gasteiger partial charge in [0, 0.05) is 12.6 Å². The van der Waals surface area contributed by atoms with Crippen molar-refractivity contribution in [2.45, 2.75) is 32.2 Å². The van der Waals surface area contributed by atoms with Gasteiger partial charge in [0.15, 0.2) is 11.0 Å². The van der Waals surface area contributed by atoms with E-state index in [4.69, 9.17) is 4.74 Å². The second-order valence-corrected chi connectivity index (χ2v) is 7.76. The number of aromatic nitrogens is 3. The quantitative estimate of drug-likeness (QED) is 0.384. The minimum Gasteiger partial charge on any atom is -0.485 e. The third kappa shape index (κ3) is 5.91. The van der Waals surface area contributed by atoms with E-state index in [2.05, 4.69) is 22.1 Å². The maximum atomic E-state index is 13.7. The largest absolute Gasteiger partial charge is 0.485 e. The van der Waals surface area contributed by atoms with Crippen molar-refractivity contribution in [3.63, 3.8) is 0 Å². The molecule has 0 aliphatic rings. The van der Waals surface area contributed by atoms with Crippen LogP contribution in [0.5, 0.6) is 5.75 Å². The number of carbonyl (C=O) groups excluding carboxylic acids is 1. The fraction of sp³-hybridized carbons (Fsp3) is 0.227. The average molecular weight is 445 g/mol. The topological polar surface area (TPSA) is 69.0 Å². The lowest BCUT2D eigenvalue weighted by molar-refractivity contribution is -0.113. The van der Waals surface area contributed by atoms with E-state index in [0.29, 0.717) is 17.5 Å². The Morgan fingerprint density at radius 3 is 2.77 bits per heavy atom. The van der Waals surface area contributed by atoms with Crippen LogP contribution in [0, 0.1) is 25.5 Å². The molecule has 2 aromatic carbocycles. The summed E-state index contributed by atoms with van der Waals surface area (Å²) in [5, 5.41) is 11.1. The van der Waals surface area contributed by atoms with E-state index in [9.17, 15) is 13.6 Å². The lowest BCUT2D eigenvalue weighted by Gasteiger charge is -2.11. The van der Waals surface area contributed by atoms with Gasteiger partial charge in [-0.2, -0.15) is 0 Å². The summed E-state index contributed by atoms with van der Waals surface area (Å²) in [6.07, 6.45) is 1.69. The number of nitrogens with one attached hydrogen (secondary N) is 1. The van der Waals surface area contributed by atoms with Gasteiger partial charge >= 0.3 is 0 Å². The van der Waals surface area contributed by atoms with Crippen molar-refractivity contribution in [1.82, 2.24) is 14.8 Å². The van der Waals surface area contributed by atoms with E-state index >= 15 is 0 Å².